The normalized spacial score (nSPS) is 19.5. The van der Waals surface area contributed by atoms with Gasteiger partial charge < -0.3 is 14.6 Å². The van der Waals surface area contributed by atoms with Crippen molar-refractivity contribution in [2.75, 3.05) is 20.1 Å². The number of para-hydroxylation sites is 1. The molecule has 2 atom stereocenters. The summed E-state index contributed by atoms with van der Waals surface area (Å²) < 4.78 is 7.87. The van der Waals surface area contributed by atoms with Gasteiger partial charge in [0.15, 0.2) is 10.7 Å². The lowest BCUT2D eigenvalue weighted by molar-refractivity contribution is -0.0587. The molecule has 0 spiro atoms. The first-order chi connectivity index (χ1) is 15.4. The van der Waals surface area contributed by atoms with Crippen molar-refractivity contribution >= 4 is 33.1 Å². The number of rotatable bonds is 5. The Bertz CT molecular complexity index is 1260. The van der Waals surface area contributed by atoms with E-state index in [2.05, 4.69) is 52.5 Å². The number of aromatic nitrogens is 3. The standard InChI is InChI=1S/C24H29N5O2S/c1-15-11-28(12-16(2)31-15)23(30)22-21(29-9-10-32-24(29)26-22)14-27(4)13-20-17(3)18-7-5-6-8-19(18)25-20/h5-10,15-16,25H,11-14H2,1-4H3/t15-,16+. The third kappa shape index (κ3) is 3.83. The second-order valence-electron chi connectivity index (χ2n) is 8.88. The summed E-state index contributed by atoms with van der Waals surface area (Å²) in [5.74, 6) is -0.00640. The highest BCUT2D eigenvalue weighted by molar-refractivity contribution is 7.15. The molecule has 1 N–H and O–H groups in total. The van der Waals surface area contributed by atoms with Gasteiger partial charge >= 0.3 is 0 Å². The monoisotopic (exact) mass is 451 g/mol. The number of imidazole rings is 1. The van der Waals surface area contributed by atoms with Crippen molar-refractivity contribution in [3.8, 4) is 0 Å². The maximum Gasteiger partial charge on any atom is 0.274 e. The number of fused-ring (bicyclic) bond motifs is 2. The first-order valence-corrected chi connectivity index (χ1v) is 11.9. The Balaban J connectivity index is 1.41. The lowest BCUT2D eigenvalue weighted by atomic mass is 10.1. The van der Waals surface area contributed by atoms with E-state index in [0.717, 1.165) is 22.7 Å². The van der Waals surface area contributed by atoms with Crippen molar-refractivity contribution in [2.24, 2.45) is 0 Å². The number of benzene rings is 1. The number of carbonyl (C=O) groups excluding carboxylic acids is 1. The number of amides is 1. The van der Waals surface area contributed by atoms with Crippen molar-refractivity contribution in [3.05, 3.63) is 58.5 Å². The van der Waals surface area contributed by atoms with E-state index in [1.807, 2.05) is 30.3 Å². The van der Waals surface area contributed by atoms with Gasteiger partial charge in [0.05, 0.1) is 17.9 Å². The molecule has 1 aromatic carbocycles. The number of carbonyl (C=O) groups is 1. The van der Waals surface area contributed by atoms with Crippen LogP contribution in [0.2, 0.25) is 0 Å². The molecule has 0 bridgehead atoms. The Morgan fingerprint density at radius 2 is 2.00 bits per heavy atom. The number of hydrogen-bond acceptors (Lipinski definition) is 5. The number of hydrogen-bond donors (Lipinski definition) is 1. The largest absolute Gasteiger partial charge is 0.372 e. The van der Waals surface area contributed by atoms with Crippen molar-refractivity contribution in [1.82, 2.24) is 24.2 Å². The zero-order chi connectivity index (χ0) is 22.4. The van der Waals surface area contributed by atoms with Crippen LogP contribution in [0, 0.1) is 6.92 Å². The molecule has 32 heavy (non-hydrogen) atoms. The van der Waals surface area contributed by atoms with Gasteiger partial charge in [0.1, 0.15) is 0 Å². The highest BCUT2D eigenvalue weighted by atomic mass is 32.1. The van der Waals surface area contributed by atoms with Crippen LogP contribution in [0.15, 0.2) is 35.8 Å². The predicted octanol–water partition coefficient (Wildman–Crippen LogP) is 4.07. The van der Waals surface area contributed by atoms with Gasteiger partial charge in [0.25, 0.3) is 5.91 Å². The van der Waals surface area contributed by atoms with Gasteiger partial charge in [-0.05, 0) is 39.4 Å². The van der Waals surface area contributed by atoms with E-state index in [0.29, 0.717) is 25.3 Å². The number of nitrogens with one attached hydrogen (secondary N) is 1. The molecule has 0 aliphatic carbocycles. The summed E-state index contributed by atoms with van der Waals surface area (Å²) in [6.45, 7) is 8.77. The third-order valence-electron chi connectivity index (χ3n) is 6.19. The van der Waals surface area contributed by atoms with Crippen LogP contribution in [0.3, 0.4) is 0 Å². The first kappa shape index (κ1) is 21.2. The third-order valence-corrected chi connectivity index (χ3v) is 6.94. The van der Waals surface area contributed by atoms with Gasteiger partial charge in [0, 0.05) is 54.4 Å². The topological polar surface area (TPSA) is 65.9 Å². The summed E-state index contributed by atoms with van der Waals surface area (Å²) in [6.07, 6.45) is 2.07. The van der Waals surface area contributed by atoms with Crippen LogP contribution in [0.25, 0.3) is 15.9 Å². The van der Waals surface area contributed by atoms with Crippen molar-refractivity contribution in [3.63, 3.8) is 0 Å². The Morgan fingerprint density at radius 1 is 1.25 bits per heavy atom. The van der Waals surface area contributed by atoms with Crippen LogP contribution in [0.5, 0.6) is 0 Å². The van der Waals surface area contributed by atoms with Crippen LogP contribution in [-0.4, -0.2) is 62.4 Å². The van der Waals surface area contributed by atoms with Crippen molar-refractivity contribution in [2.45, 2.75) is 46.1 Å². The van der Waals surface area contributed by atoms with Gasteiger partial charge in [-0.1, -0.05) is 18.2 Å². The maximum atomic E-state index is 13.5. The lowest BCUT2D eigenvalue weighted by Gasteiger charge is -2.35. The number of nitrogens with zero attached hydrogens (tertiary/aromatic N) is 4. The number of H-pyrrole nitrogens is 1. The molecule has 0 saturated carbocycles. The van der Waals surface area contributed by atoms with Crippen molar-refractivity contribution in [1.29, 1.82) is 0 Å². The fourth-order valence-corrected chi connectivity index (χ4v) is 5.46. The average Bonchev–Trinajstić information content (AvgIpc) is 3.42. The van der Waals surface area contributed by atoms with Crippen LogP contribution < -0.4 is 0 Å². The van der Waals surface area contributed by atoms with Crippen molar-refractivity contribution < 1.29 is 9.53 Å². The van der Waals surface area contributed by atoms with E-state index >= 15 is 0 Å². The zero-order valence-corrected chi connectivity index (χ0v) is 19.8. The van der Waals surface area contributed by atoms with Crippen LogP contribution in [0.1, 0.15) is 41.3 Å². The molecule has 3 aromatic heterocycles. The maximum absolute atomic E-state index is 13.5. The van der Waals surface area contributed by atoms with E-state index in [1.54, 1.807) is 11.3 Å². The fourth-order valence-electron chi connectivity index (χ4n) is 4.73. The number of aryl methyl sites for hydroxylation is 1. The summed E-state index contributed by atoms with van der Waals surface area (Å²) >= 11 is 1.56. The van der Waals surface area contributed by atoms with E-state index in [9.17, 15) is 4.79 Å². The Morgan fingerprint density at radius 3 is 2.75 bits per heavy atom. The summed E-state index contributed by atoms with van der Waals surface area (Å²) in [5, 5.41) is 3.27. The summed E-state index contributed by atoms with van der Waals surface area (Å²) in [5.41, 5.74) is 5.12. The Labute approximate surface area is 191 Å². The van der Waals surface area contributed by atoms with E-state index in [-0.39, 0.29) is 18.1 Å². The molecule has 1 fully saturated rings. The molecule has 1 aliphatic heterocycles. The van der Waals surface area contributed by atoms with Crippen LogP contribution in [-0.2, 0) is 17.8 Å². The molecule has 7 nitrogen and oxygen atoms in total. The Kier molecular flexibility index (Phi) is 5.53. The number of thiazole rings is 1. The minimum absolute atomic E-state index is 0.00640. The zero-order valence-electron chi connectivity index (χ0n) is 19.0. The average molecular weight is 452 g/mol. The molecule has 1 aliphatic rings. The molecule has 0 unspecified atom stereocenters. The summed E-state index contributed by atoms with van der Waals surface area (Å²) in [6, 6.07) is 8.38. The first-order valence-electron chi connectivity index (χ1n) is 11.0. The number of aromatic amines is 1. The molecule has 4 heterocycles. The van der Waals surface area contributed by atoms with E-state index < -0.39 is 0 Å². The molecule has 1 amide bonds. The SMILES string of the molecule is Cc1c(CN(C)Cc2c(C(=O)N3C[C@@H](C)O[C@@H](C)C3)nc3sccn23)[nH]c2ccccc12. The number of ether oxygens (including phenoxy) is 1. The van der Waals surface area contributed by atoms with Gasteiger partial charge in [-0.25, -0.2) is 4.98 Å². The van der Waals surface area contributed by atoms with Gasteiger partial charge in [-0.3, -0.25) is 14.1 Å². The summed E-state index contributed by atoms with van der Waals surface area (Å²) in [4.78, 5) is 26.7. The second-order valence-corrected chi connectivity index (χ2v) is 9.75. The minimum Gasteiger partial charge on any atom is -0.372 e. The highest BCUT2D eigenvalue weighted by Gasteiger charge is 2.30. The Hall–Kier alpha value is -2.68. The molecule has 8 heteroatoms. The molecular weight excluding hydrogens is 422 g/mol. The molecule has 168 valence electrons. The van der Waals surface area contributed by atoms with Gasteiger partial charge in [0.2, 0.25) is 0 Å². The highest BCUT2D eigenvalue weighted by Crippen LogP contribution is 2.25. The van der Waals surface area contributed by atoms with E-state index in [4.69, 9.17) is 9.72 Å². The molecule has 4 aromatic rings. The van der Waals surface area contributed by atoms with Gasteiger partial charge in [-0.2, -0.15) is 0 Å². The smallest absolute Gasteiger partial charge is 0.274 e. The van der Waals surface area contributed by atoms with Crippen LogP contribution >= 0.6 is 11.3 Å². The molecule has 0 radical (unpaired) electrons. The molecule has 5 rings (SSSR count). The minimum atomic E-state index is -0.00640. The lowest BCUT2D eigenvalue weighted by Crippen LogP contribution is -2.48. The van der Waals surface area contributed by atoms with Gasteiger partial charge in [-0.15, -0.1) is 11.3 Å². The number of morpholine rings is 1. The van der Waals surface area contributed by atoms with Crippen LogP contribution in [0.4, 0.5) is 0 Å². The summed E-state index contributed by atoms with van der Waals surface area (Å²) in [7, 11) is 2.09. The quantitative estimate of drug-likeness (QED) is 0.497. The fraction of sp³-hybridized carbons (Fsp3) is 0.417. The second kappa shape index (κ2) is 8.35. The molecule has 1 saturated heterocycles. The molecular formula is C24H29N5O2S. The van der Waals surface area contributed by atoms with E-state index in [1.165, 1.54) is 16.6 Å². The predicted molar refractivity (Wildman–Crippen MR) is 127 cm³/mol.